The van der Waals surface area contributed by atoms with E-state index >= 15 is 0 Å². The van der Waals surface area contributed by atoms with Gasteiger partial charge in [0.25, 0.3) is 0 Å². The molecule has 0 amide bonds. The summed E-state index contributed by atoms with van der Waals surface area (Å²) < 4.78 is 11.3. The second-order valence-electron chi connectivity index (χ2n) is 4.34. The minimum absolute atomic E-state index is 0.210. The van der Waals surface area contributed by atoms with Gasteiger partial charge in [-0.05, 0) is 24.1 Å². The van der Waals surface area contributed by atoms with E-state index in [-0.39, 0.29) is 6.04 Å². The number of rotatable bonds is 7. The number of aryl methyl sites for hydroxylation is 1. The first-order chi connectivity index (χ1) is 8.17. The van der Waals surface area contributed by atoms with Crippen LogP contribution in [-0.2, 0) is 17.2 Å². The maximum atomic E-state index is 11.3. The van der Waals surface area contributed by atoms with Crippen molar-refractivity contribution in [2.45, 2.75) is 32.7 Å². The monoisotopic (exact) mass is 253 g/mol. The van der Waals surface area contributed by atoms with Crippen molar-refractivity contribution in [1.29, 1.82) is 0 Å². The Bertz CT molecular complexity index is 348. The normalized spacial score (nSPS) is 14.5. The highest BCUT2D eigenvalue weighted by Crippen LogP contribution is 2.15. The van der Waals surface area contributed by atoms with Gasteiger partial charge in [0.1, 0.15) is 0 Å². The Labute approximate surface area is 107 Å². The summed E-state index contributed by atoms with van der Waals surface area (Å²) in [7, 11) is -0.769. The fraction of sp³-hybridized carbons (Fsp3) is 0.571. The summed E-state index contributed by atoms with van der Waals surface area (Å²) in [6.07, 6.45) is 4.07. The molecular formula is C14H23NOS. The average molecular weight is 253 g/mol. The van der Waals surface area contributed by atoms with Gasteiger partial charge in [0.2, 0.25) is 0 Å². The summed E-state index contributed by atoms with van der Waals surface area (Å²) in [4.78, 5) is 0. The summed E-state index contributed by atoms with van der Waals surface area (Å²) in [5.41, 5.74) is 2.62. The average Bonchev–Trinajstić information content (AvgIpc) is 2.29. The molecule has 1 aromatic rings. The first-order valence-corrected chi connectivity index (χ1v) is 8.02. The molecule has 0 fully saturated rings. The topological polar surface area (TPSA) is 29.1 Å². The molecule has 0 saturated carbocycles. The minimum atomic E-state index is -0.769. The van der Waals surface area contributed by atoms with Gasteiger partial charge in [-0.3, -0.25) is 4.21 Å². The summed E-state index contributed by atoms with van der Waals surface area (Å²) in [5, 5.41) is 3.39. The molecule has 1 N–H and O–H groups in total. The third-order valence-electron chi connectivity index (χ3n) is 2.77. The molecule has 0 heterocycles. The van der Waals surface area contributed by atoms with Crippen LogP contribution in [0.15, 0.2) is 24.3 Å². The molecule has 17 heavy (non-hydrogen) atoms. The van der Waals surface area contributed by atoms with Crippen LogP contribution in [-0.4, -0.2) is 22.8 Å². The van der Waals surface area contributed by atoms with E-state index in [2.05, 4.69) is 43.4 Å². The number of benzene rings is 1. The first kappa shape index (κ1) is 14.4. The van der Waals surface area contributed by atoms with Crippen LogP contribution in [0, 0.1) is 0 Å². The third kappa shape index (κ3) is 5.00. The van der Waals surface area contributed by atoms with Crippen molar-refractivity contribution in [1.82, 2.24) is 5.32 Å². The molecule has 0 aliphatic rings. The fourth-order valence-corrected chi connectivity index (χ4v) is 2.74. The van der Waals surface area contributed by atoms with Gasteiger partial charge < -0.3 is 5.32 Å². The van der Waals surface area contributed by atoms with Gasteiger partial charge in [-0.15, -0.1) is 0 Å². The fourth-order valence-electron chi connectivity index (χ4n) is 1.96. The van der Waals surface area contributed by atoms with Crippen LogP contribution in [0.1, 0.15) is 37.4 Å². The lowest BCUT2D eigenvalue weighted by atomic mass is 10.0. The van der Waals surface area contributed by atoms with Crippen LogP contribution >= 0.6 is 0 Å². The molecule has 0 aliphatic heterocycles. The largest absolute Gasteiger partial charge is 0.309 e. The molecule has 0 saturated heterocycles. The lowest BCUT2D eigenvalue weighted by Crippen LogP contribution is -2.25. The Hall–Kier alpha value is -0.670. The number of nitrogens with one attached hydrogen (secondary N) is 1. The molecule has 0 aromatic heterocycles. The maximum absolute atomic E-state index is 11.3. The third-order valence-corrected chi connectivity index (χ3v) is 3.58. The number of hydrogen-bond acceptors (Lipinski definition) is 2. The molecule has 1 aromatic carbocycles. The molecule has 96 valence electrons. The molecule has 2 atom stereocenters. The molecule has 0 aliphatic carbocycles. The van der Waals surface area contributed by atoms with Gasteiger partial charge in [-0.1, -0.05) is 44.5 Å². The van der Waals surface area contributed by atoms with Crippen molar-refractivity contribution >= 4 is 10.8 Å². The Balaban J connectivity index is 2.75. The zero-order valence-corrected chi connectivity index (χ0v) is 11.8. The zero-order chi connectivity index (χ0) is 12.7. The molecule has 2 nitrogen and oxygen atoms in total. The second kappa shape index (κ2) is 7.62. The zero-order valence-electron chi connectivity index (χ0n) is 11.0. The van der Waals surface area contributed by atoms with Crippen molar-refractivity contribution < 1.29 is 4.21 Å². The predicted molar refractivity (Wildman–Crippen MR) is 75.8 cm³/mol. The van der Waals surface area contributed by atoms with E-state index in [1.807, 2.05) is 0 Å². The Kier molecular flexibility index (Phi) is 6.45. The molecule has 2 unspecified atom stereocenters. The smallest absolute Gasteiger partial charge is 0.0436 e. The van der Waals surface area contributed by atoms with Gasteiger partial charge in [-0.25, -0.2) is 0 Å². The van der Waals surface area contributed by atoms with E-state index in [9.17, 15) is 4.21 Å². The van der Waals surface area contributed by atoms with E-state index < -0.39 is 10.8 Å². The SMILES string of the molecule is CCCc1ccc(C(CS(C)=O)NCC)cc1. The Morgan fingerprint density at radius 1 is 1.24 bits per heavy atom. The lowest BCUT2D eigenvalue weighted by molar-refractivity contribution is 0.595. The summed E-state index contributed by atoms with van der Waals surface area (Å²) in [5.74, 6) is 0.682. The summed E-state index contributed by atoms with van der Waals surface area (Å²) in [6.45, 7) is 5.17. The predicted octanol–water partition coefficient (Wildman–Crippen LogP) is 2.67. The Morgan fingerprint density at radius 3 is 2.35 bits per heavy atom. The van der Waals surface area contributed by atoms with Gasteiger partial charge in [0.15, 0.2) is 0 Å². The summed E-state index contributed by atoms with van der Waals surface area (Å²) >= 11 is 0. The van der Waals surface area contributed by atoms with E-state index in [0.717, 1.165) is 13.0 Å². The highest BCUT2D eigenvalue weighted by atomic mass is 32.2. The first-order valence-electron chi connectivity index (χ1n) is 6.29. The highest BCUT2D eigenvalue weighted by molar-refractivity contribution is 7.84. The maximum Gasteiger partial charge on any atom is 0.0436 e. The van der Waals surface area contributed by atoms with Crippen LogP contribution in [0.25, 0.3) is 0 Å². The van der Waals surface area contributed by atoms with Crippen LogP contribution < -0.4 is 5.32 Å². The second-order valence-corrected chi connectivity index (χ2v) is 5.82. The standard InChI is InChI=1S/C14H23NOS/c1-4-6-12-7-9-13(10-8-12)14(15-5-2)11-17(3)16/h7-10,14-15H,4-6,11H2,1-3H3. The molecule has 0 spiro atoms. The molecule has 0 bridgehead atoms. The molecule has 3 heteroatoms. The van der Waals surface area contributed by atoms with E-state index in [0.29, 0.717) is 5.75 Å². The van der Waals surface area contributed by atoms with Crippen LogP contribution in [0.5, 0.6) is 0 Å². The number of hydrogen-bond donors (Lipinski definition) is 1. The molecule has 1 rings (SSSR count). The van der Waals surface area contributed by atoms with Crippen LogP contribution in [0.2, 0.25) is 0 Å². The van der Waals surface area contributed by atoms with E-state index in [4.69, 9.17) is 0 Å². The quantitative estimate of drug-likeness (QED) is 0.809. The lowest BCUT2D eigenvalue weighted by Gasteiger charge is -2.17. The van der Waals surface area contributed by atoms with Crippen molar-refractivity contribution in [2.24, 2.45) is 0 Å². The molecule has 0 radical (unpaired) electrons. The minimum Gasteiger partial charge on any atom is -0.309 e. The summed E-state index contributed by atoms with van der Waals surface area (Å²) in [6, 6.07) is 8.89. The van der Waals surface area contributed by atoms with Gasteiger partial charge in [0, 0.05) is 28.9 Å². The molecular weight excluding hydrogens is 230 g/mol. The van der Waals surface area contributed by atoms with Gasteiger partial charge in [0.05, 0.1) is 0 Å². The van der Waals surface area contributed by atoms with Crippen molar-refractivity contribution in [3.05, 3.63) is 35.4 Å². The van der Waals surface area contributed by atoms with Crippen LogP contribution in [0.3, 0.4) is 0 Å². The van der Waals surface area contributed by atoms with Gasteiger partial charge in [-0.2, -0.15) is 0 Å². The van der Waals surface area contributed by atoms with Crippen molar-refractivity contribution in [3.63, 3.8) is 0 Å². The van der Waals surface area contributed by atoms with Crippen molar-refractivity contribution in [2.75, 3.05) is 18.6 Å². The van der Waals surface area contributed by atoms with E-state index in [1.165, 1.54) is 17.5 Å². The van der Waals surface area contributed by atoms with Gasteiger partial charge >= 0.3 is 0 Å². The van der Waals surface area contributed by atoms with E-state index in [1.54, 1.807) is 6.26 Å². The highest BCUT2D eigenvalue weighted by Gasteiger charge is 2.11. The van der Waals surface area contributed by atoms with Crippen molar-refractivity contribution in [3.8, 4) is 0 Å². The Morgan fingerprint density at radius 2 is 1.88 bits per heavy atom. The van der Waals surface area contributed by atoms with Crippen LogP contribution in [0.4, 0.5) is 0 Å².